The number of carbonyl (C=O) groups is 2. The zero-order valence-corrected chi connectivity index (χ0v) is 12.0. The Morgan fingerprint density at radius 2 is 1.95 bits per heavy atom. The van der Waals surface area contributed by atoms with Gasteiger partial charge in [0.15, 0.2) is 0 Å². The smallest absolute Gasteiger partial charge is 0.407 e. The SMILES string of the molecule is O=C(O)CCCCCNC(=O)OCc1ccccc1[N+](=O)[O-]. The second kappa shape index (κ2) is 9.32. The molecule has 0 aromatic heterocycles. The molecule has 0 aliphatic heterocycles. The van der Waals surface area contributed by atoms with Gasteiger partial charge in [-0.1, -0.05) is 18.6 Å². The Morgan fingerprint density at radius 1 is 1.23 bits per heavy atom. The summed E-state index contributed by atoms with van der Waals surface area (Å²) in [5.41, 5.74) is 0.230. The summed E-state index contributed by atoms with van der Waals surface area (Å²) < 4.78 is 4.92. The fraction of sp³-hybridized carbons (Fsp3) is 0.429. The maximum atomic E-state index is 11.4. The molecule has 8 nitrogen and oxygen atoms in total. The van der Waals surface area contributed by atoms with Gasteiger partial charge in [-0.25, -0.2) is 4.79 Å². The van der Waals surface area contributed by atoms with Crippen molar-refractivity contribution >= 4 is 17.7 Å². The van der Waals surface area contributed by atoms with Gasteiger partial charge >= 0.3 is 12.1 Å². The lowest BCUT2D eigenvalue weighted by molar-refractivity contribution is -0.385. The number of para-hydroxylation sites is 1. The van der Waals surface area contributed by atoms with Gasteiger partial charge in [0.2, 0.25) is 0 Å². The number of carbonyl (C=O) groups excluding carboxylic acids is 1. The lowest BCUT2D eigenvalue weighted by atomic mass is 10.2. The van der Waals surface area contributed by atoms with Crippen molar-refractivity contribution in [2.24, 2.45) is 0 Å². The van der Waals surface area contributed by atoms with E-state index in [4.69, 9.17) is 9.84 Å². The van der Waals surface area contributed by atoms with Crippen molar-refractivity contribution in [1.29, 1.82) is 0 Å². The summed E-state index contributed by atoms with van der Waals surface area (Å²) in [6.07, 6.45) is 1.35. The number of alkyl carbamates (subject to hydrolysis) is 1. The van der Waals surface area contributed by atoms with Crippen molar-refractivity contribution in [3.8, 4) is 0 Å². The second-order valence-electron chi connectivity index (χ2n) is 4.59. The first kappa shape index (κ1) is 17.4. The molecule has 0 fully saturated rings. The molecule has 1 aromatic rings. The average molecular weight is 310 g/mol. The molecule has 22 heavy (non-hydrogen) atoms. The fourth-order valence-corrected chi connectivity index (χ4v) is 1.77. The highest BCUT2D eigenvalue weighted by molar-refractivity contribution is 5.67. The molecule has 8 heteroatoms. The number of hydrogen-bond donors (Lipinski definition) is 2. The molecule has 1 rings (SSSR count). The number of rotatable bonds is 9. The second-order valence-corrected chi connectivity index (χ2v) is 4.59. The topological polar surface area (TPSA) is 119 Å². The molecule has 0 saturated carbocycles. The Morgan fingerprint density at radius 3 is 2.64 bits per heavy atom. The lowest BCUT2D eigenvalue weighted by Gasteiger charge is -2.07. The van der Waals surface area contributed by atoms with E-state index in [0.29, 0.717) is 31.4 Å². The molecule has 0 aliphatic rings. The Kier molecular flexibility index (Phi) is 7.38. The number of nitro groups is 1. The predicted molar refractivity (Wildman–Crippen MR) is 77.4 cm³/mol. The van der Waals surface area contributed by atoms with Gasteiger partial charge in [-0.2, -0.15) is 0 Å². The first-order valence-electron chi connectivity index (χ1n) is 6.85. The third-order valence-electron chi connectivity index (χ3n) is 2.88. The van der Waals surface area contributed by atoms with Gasteiger partial charge in [0.1, 0.15) is 6.61 Å². The molecule has 0 saturated heterocycles. The van der Waals surface area contributed by atoms with Crippen LogP contribution in [-0.2, 0) is 16.1 Å². The molecule has 2 N–H and O–H groups in total. The van der Waals surface area contributed by atoms with Gasteiger partial charge in [0.25, 0.3) is 5.69 Å². The third-order valence-corrected chi connectivity index (χ3v) is 2.88. The van der Waals surface area contributed by atoms with Gasteiger partial charge < -0.3 is 15.2 Å². The minimum Gasteiger partial charge on any atom is -0.481 e. The van der Waals surface area contributed by atoms with Crippen LogP contribution >= 0.6 is 0 Å². The van der Waals surface area contributed by atoms with Crippen LogP contribution in [0, 0.1) is 10.1 Å². The van der Waals surface area contributed by atoms with Crippen molar-refractivity contribution in [1.82, 2.24) is 5.32 Å². The molecular weight excluding hydrogens is 292 g/mol. The Bertz CT molecular complexity index is 532. The van der Waals surface area contributed by atoms with Gasteiger partial charge in [0, 0.05) is 19.0 Å². The summed E-state index contributed by atoms with van der Waals surface area (Å²) in [4.78, 5) is 32.0. The molecule has 1 aromatic carbocycles. The van der Waals surface area contributed by atoms with E-state index in [0.717, 1.165) is 0 Å². The van der Waals surface area contributed by atoms with Crippen molar-refractivity contribution in [2.45, 2.75) is 32.3 Å². The summed E-state index contributed by atoms with van der Waals surface area (Å²) in [5, 5.41) is 21.8. The van der Waals surface area contributed by atoms with Crippen LogP contribution in [0.25, 0.3) is 0 Å². The summed E-state index contributed by atoms with van der Waals surface area (Å²) in [7, 11) is 0. The number of carboxylic acids is 1. The van der Waals surface area contributed by atoms with Crippen molar-refractivity contribution in [3.05, 3.63) is 39.9 Å². The molecule has 0 radical (unpaired) electrons. The third kappa shape index (κ3) is 6.69. The normalized spacial score (nSPS) is 10.0. The molecule has 0 atom stereocenters. The molecule has 1 amide bonds. The standard InChI is InChI=1S/C14H18N2O6/c17-13(18)8-2-1-5-9-15-14(19)22-10-11-6-3-4-7-12(11)16(20)21/h3-4,6-7H,1-2,5,8-10H2,(H,15,19)(H,17,18). The first-order valence-corrected chi connectivity index (χ1v) is 6.85. The van der Waals surface area contributed by atoms with E-state index in [2.05, 4.69) is 5.32 Å². The number of benzene rings is 1. The zero-order valence-electron chi connectivity index (χ0n) is 12.0. The molecule has 0 spiro atoms. The Labute approximate surface area is 127 Å². The number of ether oxygens (including phenoxy) is 1. The highest BCUT2D eigenvalue weighted by Crippen LogP contribution is 2.18. The number of nitrogens with one attached hydrogen (secondary N) is 1. The predicted octanol–water partition coefficient (Wildman–Crippen LogP) is 2.47. The van der Waals surface area contributed by atoms with E-state index in [9.17, 15) is 19.7 Å². The van der Waals surface area contributed by atoms with Crippen LogP contribution in [0.5, 0.6) is 0 Å². The molecule has 0 aliphatic carbocycles. The summed E-state index contributed by atoms with van der Waals surface area (Å²) in [5.74, 6) is -0.836. The zero-order chi connectivity index (χ0) is 16.4. The van der Waals surface area contributed by atoms with E-state index < -0.39 is 17.0 Å². The number of amides is 1. The maximum absolute atomic E-state index is 11.4. The van der Waals surface area contributed by atoms with E-state index in [1.54, 1.807) is 12.1 Å². The monoisotopic (exact) mass is 310 g/mol. The van der Waals surface area contributed by atoms with Gasteiger partial charge in [0.05, 0.1) is 10.5 Å². The Balaban J connectivity index is 2.24. The minimum absolute atomic E-state index is 0.0935. The van der Waals surface area contributed by atoms with Crippen LogP contribution in [0.3, 0.4) is 0 Å². The van der Waals surface area contributed by atoms with Crippen molar-refractivity contribution < 1.29 is 24.4 Å². The van der Waals surface area contributed by atoms with E-state index in [1.165, 1.54) is 12.1 Å². The van der Waals surface area contributed by atoms with Crippen molar-refractivity contribution in [2.75, 3.05) is 6.54 Å². The van der Waals surface area contributed by atoms with Crippen LogP contribution in [-0.4, -0.2) is 28.6 Å². The number of nitrogens with zero attached hydrogens (tertiary/aromatic N) is 1. The largest absolute Gasteiger partial charge is 0.481 e. The summed E-state index contributed by atoms with van der Waals surface area (Å²) in [6.45, 7) is 0.192. The van der Waals surface area contributed by atoms with Crippen LogP contribution in [0.1, 0.15) is 31.2 Å². The number of aliphatic carboxylic acids is 1. The summed E-state index contributed by atoms with van der Waals surface area (Å²) in [6, 6.07) is 6.04. The molecule has 0 heterocycles. The average Bonchev–Trinajstić information content (AvgIpc) is 2.48. The van der Waals surface area contributed by atoms with Gasteiger partial charge in [-0.3, -0.25) is 14.9 Å². The highest BCUT2D eigenvalue weighted by atomic mass is 16.6. The quantitative estimate of drug-likeness (QED) is 0.411. The number of hydrogen-bond acceptors (Lipinski definition) is 5. The van der Waals surface area contributed by atoms with Gasteiger partial charge in [-0.05, 0) is 18.9 Å². The van der Waals surface area contributed by atoms with E-state index in [1.807, 2.05) is 0 Å². The van der Waals surface area contributed by atoms with Crippen LogP contribution in [0.2, 0.25) is 0 Å². The number of carboxylic acid groups (broad SMARTS) is 1. The fourth-order valence-electron chi connectivity index (χ4n) is 1.77. The first-order chi connectivity index (χ1) is 10.5. The molecule has 0 unspecified atom stereocenters. The number of unbranched alkanes of at least 4 members (excludes halogenated alkanes) is 2. The number of nitro benzene ring substituents is 1. The highest BCUT2D eigenvalue weighted by Gasteiger charge is 2.13. The van der Waals surface area contributed by atoms with Crippen molar-refractivity contribution in [3.63, 3.8) is 0 Å². The van der Waals surface area contributed by atoms with Crippen LogP contribution in [0.4, 0.5) is 10.5 Å². The summed E-state index contributed by atoms with van der Waals surface area (Å²) >= 11 is 0. The minimum atomic E-state index is -0.836. The van der Waals surface area contributed by atoms with Gasteiger partial charge in [-0.15, -0.1) is 0 Å². The molecular formula is C14H18N2O6. The van der Waals surface area contributed by atoms with Crippen LogP contribution < -0.4 is 5.32 Å². The van der Waals surface area contributed by atoms with E-state index >= 15 is 0 Å². The lowest BCUT2D eigenvalue weighted by Crippen LogP contribution is -2.25. The maximum Gasteiger partial charge on any atom is 0.407 e. The Hall–Kier alpha value is -2.64. The van der Waals surface area contributed by atoms with E-state index in [-0.39, 0.29) is 18.7 Å². The molecule has 120 valence electrons. The molecule has 0 bridgehead atoms. The van der Waals surface area contributed by atoms with Crippen LogP contribution in [0.15, 0.2) is 24.3 Å².